The van der Waals surface area contributed by atoms with E-state index >= 15 is 0 Å². The minimum absolute atomic E-state index is 0.221. The van der Waals surface area contributed by atoms with E-state index in [9.17, 15) is 9.59 Å². The Kier molecular flexibility index (Phi) is 7.81. The monoisotopic (exact) mass is 431 g/mol. The summed E-state index contributed by atoms with van der Waals surface area (Å²) in [5, 5.41) is 0. The summed E-state index contributed by atoms with van der Waals surface area (Å²) in [7, 11) is 1.84. The lowest BCUT2D eigenvalue weighted by molar-refractivity contribution is 0.0100. The van der Waals surface area contributed by atoms with Crippen molar-refractivity contribution in [3.8, 4) is 0 Å². The molecule has 2 amide bonds. The molecule has 172 valence electrons. The fraction of sp³-hybridized carbons (Fsp3) is 0.667. The minimum Gasteiger partial charge on any atom is -0.445 e. The Morgan fingerprint density at radius 3 is 2.19 bits per heavy atom. The zero-order valence-electron chi connectivity index (χ0n) is 19.4. The first-order chi connectivity index (χ1) is 14.7. The van der Waals surface area contributed by atoms with Crippen LogP contribution in [0.2, 0.25) is 0 Å². The molecule has 0 spiro atoms. The van der Waals surface area contributed by atoms with E-state index in [1.165, 1.54) is 0 Å². The second kappa shape index (κ2) is 10.4. The number of hydrogen-bond acceptors (Lipinski definition) is 5. The van der Waals surface area contributed by atoms with Crippen LogP contribution in [0.15, 0.2) is 30.3 Å². The molecule has 0 aliphatic carbocycles. The van der Waals surface area contributed by atoms with Crippen LogP contribution in [0.5, 0.6) is 0 Å². The van der Waals surface area contributed by atoms with Gasteiger partial charge in [-0.25, -0.2) is 9.59 Å². The van der Waals surface area contributed by atoms with Crippen molar-refractivity contribution in [1.29, 1.82) is 0 Å². The van der Waals surface area contributed by atoms with E-state index in [1.807, 2.05) is 63.1 Å². The maximum atomic E-state index is 12.4. The Morgan fingerprint density at radius 1 is 1.00 bits per heavy atom. The molecular weight excluding hydrogens is 394 g/mol. The van der Waals surface area contributed by atoms with Crippen LogP contribution in [0.1, 0.15) is 52.0 Å². The van der Waals surface area contributed by atoms with Gasteiger partial charge in [-0.15, -0.1) is 0 Å². The number of likely N-dealkylation sites (tertiary alicyclic amines) is 2. The van der Waals surface area contributed by atoms with E-state index in [0.29, 0.717) is 12.6 Å². The van der Waals surface area contributed by atoms with Crippen LogP contribution >= 0.6 is 0 Å². The third-order valence-corrected chi connectivity index (χ3v) is 6.17. The number of carbonyl (C=O) groups excluding carboxylic acids is 2. The van der Waals surface area contributed by atoms with Crippen LogP contribution in [0, 0.1) is 0 Å². The summed E-state index contributed by atoms with van der Waals surface area (Å²) in [6, 6.07) is 10.5. The lowest BCUT2D eigenvalue weighted by Crippen LogP contribution is -2.52. The van der Waals surface area contributed by atoms with Crippen LogP contribution in [0.3, 0.4) is 0 Å². The van der Waals surface area contributed by atoms with Gasteiger partial charge in [0, 0.05) is 45.3 Å². The number of amides is 2. The van der Waals surface area contributed by atoms with E-state index < -0.39 is 5.60 Å². The van der Waals surface area contributed by atoms with Crippen molar-refractivity contribution in [1.82, 2.24) is 14.7 Å². The van der Waals surface area contributed by atoms with Crippen molar-refractivity contribution in [3.05, 3.63) is 35.9 Å². The largest absolute Gasteiger partial charge is 0.445 e. The zero-order valence-corrected chi connectivity index (χ0v) is 19.4. The van der Waals surface area contributed by atoms with Crippen molar-refractivity contribution in [2.75, 3.05) is 33.2 Å². The number of piperidine rings is 2. The van der Waals surface area contributed by atoms with E-state index in [4.69, 9.17) is 9.47 Å². The molecule has 0 bridgehead atoms. The Balaban J connectivity index is 1.38. The summed E-state index contributed by atoms with van der Waals surface area (Å²) in [4.78, 5) is 30.8. The Morgan fingerprint density at radius 2 is 1.61 bits per heavy atom. The van der Waals surface area contributed by atoms with Gasteiger partial charge in [-0.2, -0.15) is 0 Å². The van der Waals surface area contributed by atoms with Gasteiger partial charge in [0.15, 0.2) is 0 Å². The smallest absolute Gasteiger partial charge is 0.410 e. The number of ether oxygens (including phenoxy) is 2. The van der Waals surface area contributed by atoms with E-state index in [0.717, 1.165) is 57.4 Å². The molecule has 0 radical (unpaired) electrons. The zero-order chi connectivity index (χ0) is 22.4. The van der Waals surface area contributed by atoms with Crippen molar-refractivity contribution in [3.63, 3.8) is 0 Å². The molecule has 0 unspecified atom stereocenters. The summed E-state index contributed by atoms with van der Waals surface area (Å²) in [6.45, 7) is 9.41. The molecule has 2 saturated heterocycles. The fourth-order valence-electron chi connectivity index (χ4n) is 4.35. The van der Waals surface area contributed by atoms with Crippen molar-refractivity contribution >= 4 is 12.2 Å². The van der Waals surface area contributed by atoms with Crippen LogP contribution in [0.4, 0.5) is 9.59 Å². The highest BCUT2D eigenvalue weighted by molar-refractivity contribution is 5.68. The first kappa shape index (κ1) is 23.4. The van der Waals surface area contributed by atoms with Gasteiger partial charge in [0.2, 0.25) is 0 Å². The van der Waals surface area contributed by atoms with Crippen molar-refractivity contribution in [2.24, 2.45) is 0 Å². The highest BCUT2D eigenvalue weighted by Crippen LogP contribution is 2.24. The molecule has 31 heavy (non-hydrogen) atoms. The van der Waals surface area contributed by atoms with Crippen LogP contribution in [-0.2, 0) is 16.1 Å². The van der Waals surface area contributed by atoms with E-state index in [2.05, 4.69) is 4.90 Å². The molecule has 1 aromatic rings. The molecule has 2 aliphatic heterocycles. The van der Waals surface area contributed by atoms with Gasteiger partial charge >= 0.3 is 12.2 Å². The molecule has 3 rings (SSSR count). The summed E-state index contributed by atoms with van der Waals surface area (Å²) < 4.78 is 11.0. The standard InChI is InChI=1S/C24H37N3O4/c1-24(2,3)31-22(28)25(4)20-10-14-26(15-11-20)21-12-16-27(17-13-21)23(29)30-18-19-8-6-5-7-9-19/h5-9,20-21H,10-18H2,1-4H3. The van der Waals surface area contributed by atoms with E-state index in [-0.39, 0.29) is 18.2 Å². The maximum Gasteiger partial charge on any atom is 0.410 e. The highest BCUT2D eigenvalue weighted by atomic mass is 16.6. The Hall–Kier alpha value is -2.28. The lowest BCUT2D eigenvalue weighted by atomic mass is 9.97. The number of nitrogens with zero attached hydrogens (tertiary/aromatic N) is 3. The first-order valence-electron chi connectivity index (χ1n) is 11.4. The van der Waals surface area contributed by atoms with Crippen LogP contribution < -0.4 is 0 Å². The number of rotatable bonds is 4. The topological polar surface area (TPSA) is 62.3 Å². The second-order valence-electron chi connectivity index (χ2n) is 9.62. The quantitative estimate of drug-likeness (QED) is 0.718. The number of benzene rings is 1. The minimum atomic E-state index is -0.470. The molecule has 7 heteroatoms. The van der Waals surface area contributed by atoms with Gasteiger partial charge in [-0.05, 0) is 52.0 Å². The highest BCUT2D eigenvalue weighted by Gasteiger charge is 2.33. The first-order valence-corrected chi connectivity index (χ1v) is 11.4. The molecular formula is C24H37N3O4. The summed E-state index contributed by atoms with van der Waals surface area (Å²) in [5.74, 6) is 0. The molecule has 2 aliphatic rings. The average Bonchev–Trinajstić information content (AvgIpc) is 2.77. The molecule has 2 heterocycles. The van der Waals surface area contributed by atoms with Gasteiger partial charge < -0.3 is 24.2 Å². The lowest BCUT2D eigenvalue weighted by Gasteiger charge is -2.43. The SMILES string of the molecule is CN(C(=O)OC(C)(C)C)C1CCN(C2CCN(C(=O)OCc3ccccc3)CC2)CC1. The molecule has 7 nitrogen and oxygen atoms in total. The number of carbonyl (C=O) groups is 2. The Bertz CT molecular complexity index is 718. The predicted octanol–water partition coefficient (Wildman–Crippen LogP) is 4.12. The molecule has 0 atom stereocenters. The predicted molar refractivity (Wildman–Crippen MR) is 120 cm³/mol. The molecule has 0 aromatic heterocycles. The van der Waals surface area contributed by atoms with Crippen molar-refractivity contribution < 1.29 is 19.1 Å². The van der Waals surface area contributed by atoms with Gasteiger partial charge in [0.25, 0.3) is 0 Å². The molecule has 0 saturated carbocycles. The molecule has 1 aromatic carbocycles. The summed E-state index contributed by atoms with van der Waals surface area (Å²) in [6.07, 6.45) is 3.37. The van der Waals surface area contributed by atoms with Crippen LogP contribution in [-0.4, -0.2) is 77.8 Å². The molecule has 0 N–H and O–H groups in total. The third-order valence-electron chi connectivity index (χ3n) is 6.17. The average molecular weight is 432 g/mol. The molecule has 2 fully saturated rings. The van der Waals surface area contributed by atoms with Gasteiger partial charge in [0.1, 0.15) is 12.2 Å². The summed E-state index contributed by atoms with van der Waals surface area (Å²) >= 11 is 0. The maximum absolute atomic E-state index is 12.4. The second-order valence-corrected chi connectivity index (χ2v) is 9.62. The van der Waals surface area contributed by atoms with Gasteiger partial charge in [-0.3, -0.25) is 0 Å². The number of hydrogen-bond donors (Lipinski definition) is 0. The van der Waals surface area contributed by atoms with Crippen molar-refractivity contribution in [2.45, 2.75) is 70.7 Å². The van der Waals surface area contributed by atoms with Crippen LogP contribution in [0.25, 0.3) is 0 Å². The Labute approximate surface area is 186 Å². The van der Waals surface area contributed by atoms with Gasteiger partial charge in [-0.1, -0.05) is 30.3 Å². The summed E-state index contributed by atoms with van der Waals surface area (Å²) in [5.41, 5.74) is 0.535. The fourth-order valence-corrected chi connectivity index (χ4v) is 4.35. The third kappa shape index (κ3) is 6.86. The van der Waals surface area contributed by atoms with E-state index in [1.54, 1.807) is 4.90 Å². The van der Waals surface area contributed by atoms with Gasteiger partial charge in [0.05, 0.1) is 0 Å². The normalized spacial score (nSPS) is 19.2.